The Labute approximate surface area is 143 Å². The Balaban J connectivity index is 2.17. The van der Waals surface area contributed by atoms with E-state index < -0.39 is 17.1 Å². The Morgan fingerprint density at radius 1 is 1.52 bits per heavy atom. The van der Waals surface area contributed by atoms with Gasteiger partial charge in [-0.2, -0.15) is 5.26 Å². The van der Waals surface area contributed by atoms with Crippen LogP contribution in [0.2, 0.25) is 0 Å². The number of rotatable bonds is 2. The van der Waals surface area contributed by atoms with Crippen LogP contribution in [0.25, 0.3) is 0 Å². The zero-order valence-electron chi connectivity index (χ0n) is 13.2. The normalized spacial score (nSPS) is 16.7. The van der Waals surface area contributed by atoms with Gasteiger partial charge < -0.3 is 14.8 Å². The van der Waals surface area contributed by atoms with Gasteiger partial charge in [0.15, 0.2) is 0 Å². The number of nitrogens with zero attached hydrogens (tertiary/aromatic N) is 3. The lowest BCUT2D eigenvalue weighted by Crippen LogP contribution is -2.61. The largest absolute Gasteiger partial charge is 0.444 e. The van der Waals surface area contributed by atoms with E-state index in [9.17, 15) is 10.1 Å². The number of nitriles is 1. The summed E-state index contributed by atoms with van der Waals surface area (Å²) < 4.78 is 6.05. The van der Waals surface area contributed by atoms with Crippen LogP contribution in [0.15, 0.2) is 27.8 Å². The topological polar surface area (TPSA) is 85.9 Å². The van der Waals surface area contributed by atoms with Crippen molar-refractivity contribution in [2.45, 2.75) is 31.8 Å². The van der Waals surface area contributed by atoms with Gasteiger partial charge in [0.2, 0.25) is 0 Å². The number of likely N-dealkylation sites (tertiary alicyclic amines) is 1. The molecule has 0 radical (unpaired) electrons. The van der Waals surface area contributed by atoms with Gasteiger partial charge in [-0.05, 0) is 38.0 Å². The lowest BCUT2D eigenvalue weighted by atomic mass is 9.75. The van der Waals surface area contributed by atoms with Crippen LogP contribution in [-0.2, 0) is 10.2 Å². The molecule has 6 nitrogen and oxygen atoms in total. The van der Waals surface area contributed by atoms with Gasteiger partial charge in [0, 0.05) is 17.6 Å². The molecule has 0 spiro atoms. The molecule has 0 aliphatic carbocycles. The molecule has 0 aromatic heterocycles. The number of halogens is 1. The third-order valence-electron chi connectivity index (χ3n) is 3.50. The minimum Gasteiger partial charge on any atom is -0.444 e. The van der Waals surface area contributed by atoms with Gasteiger partial charge in [-0.25, -0.2) is 4.79 Å². The molecular weight excluding hydrogens is 362 g/mol. The summed E-state index contributed by atoms with van der Waals surface area (Å²) in [7, 11) is 0. The number of hydrogen-bond donors (Lipinski definition) is 1. The summed E-state index contributed by atoms with van der Waals surface area (Å²) in [4.78, 5) is 13.6. The third kappa shape index (κ3) is 3.64. The molecule has 2 rings (SSSR count). The van der Waals surface area contributed by atoms with E-state index >= 15 is 0 Å². The number of benzene rings is 1. The summed E-state index contributed by atoms with van der Waals surface area (Å²) in [5.41, 5.74) is 0.188. The van der Waals surface area contributed by atoms with Gasteiger partial charge >= 0.3 is 6.09 Å². The molecule has 0 unspecified atom stereocenters. The van der Waals surface area contributed by atoms with Crippen molar-refractivity contribution in [3.8, 4) is 6.07 Å². The molecular formula is C16H18BrN3O3. The first-order valence-electron chi connectivity index (χ1n) is 7.07. The van der Waals surface area contributed by atoms with E-state index in [-0.39, 0.29) is 13.1 Å². The average Bonchev–Trinajstić information content (AvgIpc) is 2.38. The number of amides is 1. The van der Waals surface area contributed by atoms with Crippen molar-refractivity contribution in [3.63, 3.8) is 0 Å². The van der Waals surface area contributed by atoms with Gasteiger partial charge in [0.1, 0.15) is 11.0 Å². The van der Waals surface area contributed by atoms with Crippen molar-refractivity contribution in [2.75, 3.05) is 13.1 Å². The fraction of sp³-hybridized carbons (Fsp3) is 0.438. The lowest BCUT2D eigenvalue weighted by Gasteiger charge is -2.46. The summed E-state index contributed by atoms with van der Waals surface area (Å²) >= 11 is 3.45. The monoisotopic (exact) mass is 379 g/mol. The molecule has 1 heterocycles. The van der Waals surface area contributed by atoms with Crippen molar-refractivity contribution in [2.24, 2.45) is 5.16 Å². The first-order chi connectivity index (χ1) is 10.7. The van der Waals surface area contributed by atoms with E-state index in [0.29, 0.717) is 5.56 Å². The SMILES string of the molecule is CC(C)(C)OC(=O)N1CC(C#N)(c2ccc(/C=N\O)cc2Br)C1. The Kier molecular flexibility index (Phi) is 4.66. The second-order valence-corrected chi connectivity index (χ2v) is 7.37. The summed E-state index contributed by atoms with van der Waals surface area (Å²) in [5.74, 6) is 0. The zero-order valence-corrected chi connectivity index (χ0v) is 14.8. The van der Waals surface area contributed by atoms with Crippen LogP contribution >= 0.6 is 15.9 Å². The van der Waals surface area contributed by atoms with Gasteiger partial charge in [0.05, 0.1) is 12.3 Å². The first kappa shape index (κ1) is 17.3. The van der Waals surface area contributed by atoms with Crippen molar-refractivity contribution >= 4 is 28.2 Å². The Morgan fingerprint density at radius 3 is 2.65 bits per heavy atom. The Hall–Kier alpha value is -2.07. The highest BCUT2D eigenvalue weighted by molar-refractivity contribution is 9.10. The maximum absolute atomic E-state index is 12.0. The predicted octanol–water partition coefficient (Wildman–Crippen LogP) is 3.27. The first-order valence-corrected chi connectivity index (χ1v) is 7.87. The van der Waals surface area contributed by atoms with E-state index in [2.05, 4.69) is 27.2 Å². The van der Waals surface area contributed by atoms with E-state index in [0.717, 1.165) is 10.0 Å². The predicted molar refractivity (Wildman–Crippen MR) is 88.6 cm³/mol. The second-order valence-electron chi connectivity index (χ2n) is 6.51. The smallest absolute Gasteiger partial charge is 0.410 e. The van der Waals surface area contributed by atoms with Crippen molar-refractivity contribution < 1.29 is 14.7 Å². The maximum atomic E-state index is 12.0. The molecule has 7 heteroatoms. The molecule has 122 valence electrons. The lowest BCUT2D eigenvalue weighted by molar-refractivity contribution is -0.000547. The molecule has 1 N–H and O–H groups in total. The van der Waals surface area contributed by atoms with E-state index in [1.54, 1.807) is 39.0 Å². The molecule has 1 aromatic rings. The van der Waals surface area contributed by atoms with Gasteiger partial charge in [-0.3, -0.25) is 0 Å². The van der Waals surface area contributed by atoms with Crippen LogP contribution in [0.3, 0.4) is 0 Å². The minimum atomic E-state index is -0.759. The van der Waals surface area contributed by atoms with Crippen LogP contribution < -0.4 is 0 Å². The highest BCUT2D eigenvalue weighted by Crippen LogP contribution is 2.39. The van der Waals surface area contributed by atoms with Crippen molar-refractivity contribution in [3.05, 3.63) is 33.8 Å². The second kappa shape index (κ2) is 6.20. The number of carbonyl (C=O) groups excluding carboxylic acids is 1. The molecule has 0 atom stereocenters. The van der Waals surface area contributed by atoms with Crippen LogP contribution in [-0.4, -0.2) is 41.1 Å². The molecule has 1 aliphatic heterocycles. The highest BCUT2D eigenvalue weighted by Gasteiger charge is 2.49. The number of ether oxygens (including phenoxy) is 1. The molecule has 1 amide bonds. The number of oxime groups is 1. The summed E-state index contributed by atoms with van der Waals surface area (Å²) in [6.45, 7) is 5.98. The highest BCUT2D eigenvalue weighted by atomic mass is 79.9. The van der Waals surface area contributed by atoms with Crippen molar-refractivity contribution in [1.82, 2.24) is 4.90 Å². The molecule has 1 aliphatic rings. The van der Waals surface area contributed by atoms with Crippen molar-refractivity contribution in [1.29, 1.82) is 5.26 Å². The van der Waals surface area contributed by atoms with Crippen LogP contribution in [0.1, 0.15) is 31.9 Å². The van der Waals surface area contributed by atoms with Crippen LogP contribution in [0, 0.1) is 11.3 Å². The molecule has 23 heavy (non-hydrogen) atoms. The molecule has 1 fully saturated rings. The molecule has 1 aromatic carbocycles. The van der Waals surface area contributed by atoms with E-state index in [4.69, 9.17) is 9.94 Å². The standard InChI is InChI=1S/C16H18BrN3O3/c1-15(2,3)23-14(21)20-9-16(8-18,10-20)12-5-4-11(7-19-22)6-13(12)17/h4-7,22H,9-10H2,1-3H3/b19-7-. The summed E-state index contributed by atoms with van der Waals surface area (Å²) in [5, 5.41) is 21.2. The Morgan fingerprint density at radius 2 is 2.17 bits per heavy atom. The fourth-order valence-corrected chi connectivity index (χ4v) is 3.20. The van der Waals surface area contributed by atoms with Gasteiger partial charge in [-0.15, -0.1) is 0 Å². The van der Waals surface area contributed by atoms with Crippen LogP contribution in [0.4, 0.5) is 4.79 Å². The molecule has 0 saturated carbocycles. The van der Waals surface area contributed by atoms with E-state index in [1.807, 2.05) is 0 Å². The number of carbonyl (C=O) groups is 1. The third-order valence-corrected chi connectivity index (χ3v) is 4.16. The average molecular weight is 380 g/mol. The number of hydrogen-bond acceptors (Lipinski definition) is 5. The minimum absolute atomic E-state index is 0.282. The zero-order chi connectivity index (χ0) is 17.3. The van der Waals surface area contributed by atoms with Gasteiger partial charge in [-0.1, -0.05) is 33.2 Å². The molecule has 0 bridgehead atoms. The maximum Gasteiger partial charge on any atom is 0.410 e. The van der Waals surface area contributed by atoms with Gasteiger partial charge in [0.25, 0.3) is 0 Å². The summed E-state index contributed by atoms with van der Waals surface area (Å²) in [6, 6.07) is 7.64. The molecule has 1 saturated heterocycles. The fourth-order valence-electron chi connectivity index (χ4n) is 2.43. The van der Waals surface area contributed by atoms with Crippen LogP contribution in [0.5, 0.6) is 0 Å². The quantitative estimate of drug-likeness (QED) is 0.485. The summed E-state index contributed by atoms with van der Waals surface area (Å²) in [6.07, 6.45) is 0.894. The van der Waals surface area contributed by atoms with E-state index in [1.165, 1.54) is 11.1 Å². The Bertz CT molecular complexity index is 683.